The van der Waals surface area contributed by atoms with Crippen LogP contribution in [-0.4, -0.2) is 30.0 Å². The van der Waals surface area contributed by atoms with Crippen LogP contribution < -0.4 is 5.73 Å². The maximum atomic E-state index is 5.95. The van der Waals surface area contributed by atoms with Crippen LogP contribution in [-0.2, 0) is 6.54 Å². The summed E-state index contributed by atoms with van der Waals surface area (Å²) >= 11 is 7.78. The quantitative estimate of drug-likeness (QED) is 0.804. The van der Waals surface area contributed by atoms with Crippen molar-refractivity contribution in [3.05, 3.63) is 28.8 Å². The van der Waals surface area contributed by atoms with Crippen molar-refractivity contribution in [1.82, 2.24) is 4.90 Å². The Balaban J connectivity index is 2.58. The lowest BCUT2D eigenvalue weighted by atomic mass is 10.1. The van der Waals surface area contributed by atoms with Crippen LogP contribution in [0.25, 0.3) is 0 Å². The molecule has 0 fully saturated rings. The molecule has 2 N–H and O–H groups in total. The summed E-state index contributed by atoms with van der Waals surface area (Å²) in [4.78, 5) is 2.33. The van der Waals surface area contributed by atoms with Crippen molar-refractivity contribution in [1.29, 1.82) is 0 Å². The van der Waals surface area contributed by atoms with Gasteiger partial charge in [-0.3, -0.25) is 4.90 Å². The van der Waals surface area contributed by atoms with Gasteiger partial charge in [-0.2, -0.15) is 11.8 Å². The molecule has 0 heterocycles. The smallest absolute Gasteiger partial charge is 0.0426 e. The summed E-state index contributed by atoms with van der Waals surface area (Å²) < 4.78 is 0. The number of nitrogens with zero attached hydrogens (tertiary/aromatic N) is 1. The normalized spacial score (nSPS) is 13.0. The largest absolute Gasteiger partial charge is 0.398 e. The molecule has 17 heavy (non-hydrogen) atoms. The first-order chi connectivity index (χ1) is 8.04. The van der Waals surface area contributed by atoms with Crippen LogP contribution in [0.15, 0.2) is 18.2 Å². The lowest BCUT2D eigenvalue weighted by Gasteiger charge is -2.25. The molecule has 2 nitrogen and oxygen atoms in total. The zero-order chi connectivity index (χ0) is 12.8. The van der Waals surface area contributed by atoms with E-state index in [1.165, 1.54) is 12.2 Å². The van der Waals surface area contributed by atoms with Crippen LogP contribution in [0, 0.1) is 0 Å². The minimum atomic E-state index is 0.567. The van der Waals surface area contributed by atoms with Crippen LogP contribution in [0.5, 0.6) is 0 Å². The highest BCUT2D eigenvalue weighted by atomic mass is 35.5. The van der Waals surface area contributed by atoms with Gasteiger partial charge in [0.15, 0.2) is 0 Å². The van der Waals surface area contributed by atoms with Crippen molar-refractivity contribution in [3.8, 4) is 0 Å². The van der Waals surface area contributed by atoms with Crippen LogP contribution in [0.3, 0.4) is 0 Å². The fourth-order valence-corrected chi connectivity index (χ4v) is 2.40. The van der Waals surface area contributed by atoms with E-state index < -0.39 is 0 Å². The van der Waals surface area contributed by atoms with Gasteiger partial charge in [-0.15, -0.1) is 0 Å². The average molecular weight is 273 g/mol. The van der Waals surface area contributed by atoms with Crippen molar-refractivity contribution in [2.45, 2.75) is 25.9 Å². The Morgan fingerprint density at radius 3 is 2.76 bits per heavy atom. The first-order valence-corrected chi connectivity index (χ1v) is 7.55. The number of hydrogen-bond donors (Lipinski definition) is 1. The predicted octanol–water partition coefficient (Wildman–Crippen LogP) is 3.50. The number of hydrogen-bond acceptors (Lipinski definition) is 3. The van der Waals surface area contributed by atoms with Crippen molar-refractivity contribution >= 4 is 29.1 Å². The second kappa shape index (κ2) is 7.14. The summed E-state index contributed by atoms with van der Waals surface area (Å²) in [5, 5.41) is 0.698. The van der Waals surface area contributed by atoms with Gasteiger partial charge in [0.1, 0.15) is 0 Å². The highest BCUT2D eigenvalue weighted by Crippen LogP contribution is 2.20. The highest BCUT2D eigenvalue weighted by molar-refractivity contribution is 7.98. The van der Waals surface area contributed by atoms with Crippen molar-refractivity contribution < 1.29 is 0 Å². The number of anilines is 1. The molecule has 0 saturated heterocycles. The fraction of sp³-hybridized carbons (Fsp3) is 0.538. The summed E-state index contributed by atoms with van der Waals surface area (Å²) in [6.07, 6.45) is 3.34. The molecule has 0 aliphatic carbocycles. The molecule has 1 aromatic rings. The fourth-order valence-electron chi connectivity index (χ4n) is 1.64. The van der Waals surface area contributed by atoms with Gasteiger partial charge < -0.3 is 5.73 Å². The van der Waals surface area contributed by atoms with E-state index in [9.17, 15) is 0 Å². The first-order valence-electron chi connectivity index (χ1n) is 5.77. The molecule has 1 atom stereocenters. The Morgan fingerprint density at radius 1 is 1.47 bits per heavy atom. The van der Waals surface area contributed by atoms with E-state index in [1.807, 2.05) is 30.0 Å². The maximum Gasteiger partial charge on any atom is 0.0426 e. The van der Waals surface area contributed by atoms with Crippen molar-refractivity contribution in [2.24, 2.45) is 0 Å². The molecule has 0 amide bonds. The second-order valence-corrected chi connectivity index (χ2v) is 5.81. The van der Waals surface area contributed by atoms with Crippen LogP contribution >= 0.6 is 23.4 Å². The summed E-state index contributed by atoms with van der Waals surface area (Å²) in [5.41, 5.74) is 7.88. The number of halogens is 1. The third-order valence-corrected chi connectivity index (χ3v) is 3.90. The molecule has 0 saturated carbocycles. The first kappa shape index (κ1) is 14.7. The van der Waals surface area contributed by atoms with Crippen LogP contribution in [0.4, 0.5) is 5.69 Å². The number of thioether (sulfide) groups is 1. The summed E-state index contributed by atoms with van der Waals surface area (Å²) in [7, 11) is 2.14. The lowest BCUT2D eigenvalue weighted by molar-refractivity contribution is 0.245. The van der Waals surface area contributed by atoms with E-state index in [1.54, 1.807) is 0 Å². The van der Waals surface area contributed by atoms with Gasteiger partial charge in [-0.25, -0.2) is 0 Å². The monoisotopic (exact) mass is 272 g/mol. The van der Waals surface area contributed by atoms with Gasteiger partial charge in [-0.05, 0) is 50.1 Å². The molecule has 0 radical (unpaired) electrons. The molecule has 4 heteroatoms. The SMILES string of the molecule is CSCCC(C)N(C)Cc1ccc(Cl)cc1N. The van der Waals surface area contributed by atoms with E-state index >= 15 is 0 Å². The molecule has 0 spiro atoms. The molecule has 1 rings (SSSR count). The standard InChI is InChI=1S/C13H21ClN2S/c1-10(6-7-17-3)16(2)9-11-4-5-12(14)8-13(11)15/h4-5,8,10H,6-7,9,15H2,1-3H3. The number of rotatable bonds is 6. The molecule has 0 aliphatic heterocycles. The van der Waals surface area contributed by atoms with Crippen LogP contribution in [0.1, 0.15) is 18.9 Å². The highest BCUT2D eigenvalue weighted by Gasteiger charge is 2.10. The summed E-state index contributed by atoms with van der Waals surface area (Å²) in [5.74, 6) is 1.20. The van der Waals surface area contributed by atoms with Crippen LogP contribution in [0.2, 0.25) is 5.02 Å². The topological polar surface area (TPSA) is 29.3 Å². The molecule has 96 valence electrons. The minimum Gasteiger partial charge on any atom is -0.398 e. The Hall–Kier alpha value is -0.380. The van der Waals surface area contributed by atoms with Gasteiger partial charge in [0.05, 0.1) is 0 Å². The predicted molar refractivity (Wildman–Crippen MR) is 79.8 cm³/mol. The van der Waals surface area contributed by atoms with Gasteiger partial charge in [-0.1, -0.05) is 17.7 Å². The zero-order valence-electron chi connectivity index (χ0n) is 10.7. The number of nitrogens with two attached hydrogens (primary N) is 1. The van der Waals surface area contributed by atoms with E-state index in [0.717, 1.165) is 17.8 Å². The third kappa shape index (κ3) is 4.78. The Kier molecular flexibility index (Phi) is 6.17. The van der Waals surface area contributed by atoms with Gasteiger partial charge in [0.25, 0.3) is 0 Å². The van der Waals surface area contributed by atoms with E-state index in [4.69, 9.17) is 17.3 Å². The molecule has 0 bridgehead atoms. The molecular formula is C13H21ClN2S. The summed E-state index contributed by atoms with van der Waals surface area (Å²) in [6.45, 7) is 3.13. The van der Waals surface area contributed by atoms with Crippen molar-refractivity contribution in [3.63, 3.8) is 0 Å². The molecule has 0 aromatic heterocycles. The van der Waals surface area contributed by atoms with Gasteiger partial charge in [0, 0.05) is 23.3 Å². The van der Waals surface area contributed by atoms with Gasteiger partial charge in [0.2, 0.25) is 0 Å². The van der Waals surface area contributed by atoms with Crippen molar-refractivity contribution in [2.75, 3.05) is 24.8 Å². The second-order valence-electron chi connectivity index (χ2n) is 4.39. The van der Waals surface area contributed by atoms with E-state index in [0.29, 0.717) is 11.1 Å². The Bertz CT molecular complexity index is 357. The zero-order valence-corrected chi connectivity index (χ0v) is 12.3. The Morgan fingerprint density at radius 2 is 2.18 bits per heavy atom. The maximum absolute atomic E-state index is 5.95. The average Bonchev–Trinajstić information content (AvgIpc) is 2.29. The number of nitrogen functional groups attached to an aromatic ring is 1. The third-order valence-electron chi connectivity index (χ3n) is 3.02. The molecule has 0 aliphatic rings. The Labute approximate surface area is 114 Å². The molecular weight excluding hydrogens is 252 g/mol. The van der Waals surface area contributed by atoms with Gasteiger partial charge >= 0.3 is 0 Å². The lowest BCUT2D eigenvalue weighted by Crippen LogP contribution is -2.29. The molecule has 1 aromatic carbocycles. The number of benzene rings is 1. The minimum absolute atomic E-state index is 0.567. The van der Waals surface area contributed by atoms with E-state index in [-0.39, 0.29) is 0 Å². The van der Waals surface area contributed by atoms with E-state index in [2.05, 4.69) is 25.1 Å². The summed E-state index contributed by atoms with van der Waals surface area (Å²) in [6, 6.07) is 6.29. The molecule has 1 unspecified atom stereocenters.